The van der Waals surface area contributed by atoms with Gasteiger partial charge < -0.3 is 14.2 Å². The van der Waals surface area contributed by atoms with Gasteiger partial charge >= 0.3 is 0 Å². The lowest BCUT2D eigenvalue weighted by atomic mass is 10.1. The molecule has 21 heavy (non-hydrogen) atoms. The van der Waals surface area contributed by atoms with Gasteiger partial charge in [0.15, 0.2) is 17.6 Å². The van der Waals surface area contributed by atoms with E-state index in [1.807, 2.05) is 31.2 Å². The normalized spacial score (nSPS) is 13.8. The van der Waals surface area contributed by atoms with Crippen LogP contribution in [-0.4, -0.2) is 18.7 Å². The van der Waals surface area contributed by atoms with E-state index >= 15 is 0 Å². The molecule has 0 fully saturated rings. The van der Waals surface area contributed by atoms with Gasteiger partial charge in [0.1, 0.15) is 5.75 Å². The molecule has 2 aromatic rings. The Balaban J connectivity index is 1.72. The number of ketones is 1. The summed E-state index contributed by atoms with van der Waals surface area (Å²) >= 11 is 0. The van der Waals surface area contributed by atoms with Crippen molar-refractivity contribution in [1.82, 2.24) is 0 Å². The van der Waals surface area contributed by atoms with E-state index in [2.05, 4.69) is 0 Å². The summed E-state index contributed by atoms with van der Waals surface area (Å²) in [5.41, 5.74) is 1.77. The minimum Gasteiger partial charge on any atom is -0.482 e. The molecule has 1 aliphatic rings. The highest BCUT2D eigenvalue weighted by atomic mass is 16.7. The topological polar surface area (TPSA) is 44.8 Å². The van der Waals surface area contributed by atoms with Crippen molar-refractivity contribution < 1.29 is 19.0 Å². The van der Waals surface area contributed by atoms with Crippen LogP contribution in [0.15, 0.2) is 42.5 Å². The molecule has 0 N–H and O–H groups in total. The van der Waals surface area contributed by atoms with Crippen LogP contribution in [-0.2, 0) is 0 Å². The van der Waals surface area contributed by atoms with Gasteiger partial charge in [-0.15, -0.1) is 0 Å². The largest absolute Gasteiger partial charge is 0.482 e. The predicted molar refractivity (Wildman–Crippen MR) is 78.2 cm³/mol. The monoisotopic (exact) mass is 284 g/mol. The number of Topliss-reactive ketones (excluding diaryl/α,β-unsaturated/α-hetero) is 1. The molecule has 4 heteroatoms. The molecule has 1 atom stereocenters. The Kier molecular flexibility index (Phi) is 3.52. The summed E-state index contributed by atoms with van der Waals surface area (Å²) in [5, 5.41) is 0. The van der Waals surface area contributed by atoms with Crippen LogP contribution in [0.5, 0.6) is 17.2 Å². The summed E-state index contributed by atoms with van der Waals surface area (Å²) in [7, 11) is 0. The summed E-state index contributed by atoms with van der Waals surface area (Å²) in [6.45, 7) is 3.95. The number of hydrogen-bond acceptors (Lipinski definition) is 4. The summed E-state index contributed by atoms with van der Waals surface area (Å²) in [6.07, 6.45) is -0.562. The maximum atomic E-state index is 12.3. The first-order chi connectivity index (χ1) is 10.1. The van der Waals surface area contributed by atoms with Crippen molar-refractivity contribution in [3.05, 3.63) is 53.6 Å². The average Bonchev–Trinajstić information content (AvgIpc) is 2.95. The first kappa shape index (κ1) is 13.5. The molecule has 0 bridgehead atoms. The van der Waals surface area contributed by atoms with E-state index in [9.17, 15) is 4.79 Å². The van der Waals surface area contributed by atoms with Crippen molar-refractivity contribution in [2.24, 2.45) is 0 Å². The Morgan fingerprint density at radius 2 is 1.81 bits per heavy atom. The lowest BCUT2D eigenvalue weighted by Crippen LogP contribution is -2.23. The van der Waals surface area contributed by atoms with E-state index < -0.39 is 6.10 Å². The van der Waals surface area contributed by atoms with Crippen molar-refractivity contribution in [3.63, 3.8) is 0 Å². The molecule has 1 aliphatic heterocycles. The molecule has 2 aromatic carbocycles. The fraction of sp³-hybridized carbons (Fsp3) is 0.235. The van der Waals surface area contributed by atoms with E-state index in [1.165, 1.54) is 0 Å². The van der Waals surface area contributed by atoms with Gasteiger partial charge in [0, 0.05) is 11.6 Å². The molecule has 0 aromatic heterocycles. The molecule has 1 unspecified atom stereocenters. The highest BCUT2D eigenvalue weighted by Gasteiger charge is 2.19. The van der Waals surface area contributed by atoms with Gasteiger partial charge in [0.25, 0.3) is 0 Å². The van der Waals surface area contributed by atoms with E-state index in [4.69, 9.17) is 14.2 Å². The van der Waals surface area contributed by atoms with Crippen LogP contribution in [0.2, 0.25) is 0 Å². The summed E-state index contributed by atoms with van der Waals surface area (Å²) in [4.78, 5) is 12.3. The fourth-order valence-corrected chi connectivity index (χ4v) is 2.16. The van der Waals surface area contributed by atoms with Gasteiger partial charge in [0.05, 0.1) is 0 Å². The van der Waals surface area contributed by atoms with Crippen molar-refractivity contribution in [3.8, 4) is 17.2 Å². The van der Waals surface area contributed by atoms with Crippen LogP contribution >= 0.6 is 0 Å². The molecular weight excluding hydrogens is 268 g/mol. The minimum atomic E-state index is -0.562. The van der Waals surface area contributed by atoms with Gasteiger partial charge in [-0.05, 0) is 26.0 Å². The zero-order valence-corrected chi connectivity index (χ0v) is 12.0. The second-order valence-electron chi connectivity index (χ2n) is 5.01. The zero-order valence-electron chi connectivity index (χ0n) is 12.0. The first-order valence-electron chi connectivity index (χ1n) is 6.80. The molecule has 108 valence electrons. The number of benzene rings is 2. The lowest BCUT2D eigenvalue weighted by Gasteiger charge is -2.14. The average molecular weight is 284 g/mol. The van der Waals surface area contributed by atoms with Crippen molar-refractivity contribution >= 4 is 5.78 Å². The predicted octanol–water partition coefficient (Wildman–Crippen LogP) is 3.37. The molecule has 0 saturated heterocycles. The fourth-order valence-electron chi connectivity index (χ4n) is 2.16. The van der Waals surface area contributed by atoms with Crippen LogP contribution in [0.4, 0.5) is 0 Å². The second-order valence-corrected chi connectivity index (χ2v) is 5.01. The van der Waals surface area contributed by atoms with Gasteiger partial charge in [0.2, 0.25) is 12.6 Å². The maximum Gasteiger partial charge on any atom is 0.231 e. The van der Waals surface area contributed by atoms with Gasteiger partial charge in [-0.1, -0.05) is 29.8 Å². The van der Waals surface area contributed by atoms with Gasteiger partial charge in [-0.2, -0.15) is 0 Å². The molecule has 0 amide bonds. The quantitative estimate of drug-likeness (QED) is 0.807. The van der Waals surface area contributed by atoms with E-state index in [-0.39, 0.29) is 12.6 Å². The second kappa shape index (κ2) is 5.48. The number of rotatable bonds is 4. The van der Waals surface area contributed by atoms with Gasteiger partial charge in [-0.25, -0.2) is 0 Å². The zero-order chi connectivity index (χ0) is 14.8. The van der Waals surface area contributed by atoms with Crippen LogP contribution < -0.4 is 14.2 Å². The Morgan fingerprint density at radius 3 is 2.57 bits per heavy atom. The Morgan fingerprint density at radius 1 is 1.10 bits per heavy atom. The molecule has 1 heterocycles. The number of carbonyl (C=O) groups is 1. The summed E-state index contributed by atoms with van der Waals surface area (Å²) in [5.74, 6) is 1.88. The standard InChI is InChI=1S/C17H16O4/c1-11-3-5-13(6-4-11)17(18)12(2)21-14-7-8-15-16(9-14)20-10-19-15/h3-9,12H,10H2,1-2H3. The first-order valence-corrected chi connectivity index (χ1v) is 6.80. The van der Waals surface area contributed by atoms with Crippen molar-refractivity contribution in [2.75, 3.05) is 6.79 Å². The molecule has 0 saturated carbocycles. The van der Waals surface area contributed by atoms with Crippen LogP contribution in [0.25, 0.3) is 0 Å². The molecule has 0 spiro atoms. The molecule has 0 radical (unpaired) electrons. The van der Waals surface area contributed by atoms with Crippen LogP contribution in [0, 0.1) is 6.92 Å². The van der Waals surface area contributed by atoms with E-state index in [0.717, 1.165) is 5.56 Å². The molecule has 4 nitrogen and oxygen atoms in total. The number of hydrogen-bond donors (Lipinski definition) is 0. The Bertz CT molecular complexity index is 661. The molecule has 0 aliphatic carbocycles. The third-order valence-electron chi connectivity index (χ3n) is 3.36. The van der Waals surface area contributed by atoms with Gasteiger partial charge in [-0.3, -0.25) is 4.79 Å². The third kappa shape index (κ3) is 2.84. The van der Waals surface area contributed by atoms with E-state index in [0.29, 0.717) is 22.8 Å². The molecular formula is C17H16O4. The highest BCUT2D eigenvalue weighted by molar-refractivity contribution is 5.99. The number of fused-ring (bicyclic) bond motifs is 1. The Hall–Kier alpha value is -2.49. The summed E-state index contributed by atoms with van der Waals surface area (Å²) < 4.78 is 16.2. The molecule has 3 rings (SSSR count). The van der Waals surface area contributed by atoms with Crippen LogP contribution in [0.3, 0.4) is 0 Å². The smallest absolute Gasteiger partial charge is 0.231 e. The highest BCUT2D eigenvalue weighted by Crippen LogP contribution is 2.35. The SMILES string of the molecule is Cc1ccc(C(=O)C(C)Oc2ccc3c(c2)OCO3)cc1. The maximum absolute atomic E-state index is 12.3. The number of aryl methyl sites for hydroxylation is 1. The number of carbonyl (C=O) groups excluding carboxylic acids is 1. The van der Waals surface area contributed by atoms with Crippen molar-refractivity contribution in [2.45, 2.75) is 20.0 Å². The lowest BCUT2D eigenvalue weighted by molar-refractivity contribution is 0.0817. The van der Waals surface area contributed by atoms with Crippen LogP contribution in [0.1, 0.15) is 22.8 Å². The number of ether oxygens (including phenoxy) is 3. The van der Waals surface area contributed by atoms with E-state index in [1.54, 1.807) is 25.1 Å². The minimum absolute atomic E-state index is 0.0485. The Labute approximate surface area is 123 Å². The van der Waals surface area contributed by atoms with Crippen molar-refractivity contribution in [1.29, 1.82) is 0 Å². The summed E-state index contributed by atoms with van der Waals surface area (Å²) in [6, 6.07) is 12.8. The third-order valence-corrected chi connectivity index (χ3v) is 3.36.